The van der Waals surface area contributed by atoms with Gasteiger partial charge in [0.25, 0.3) is 0 Å². The lowest BCUT2D eigenvalue weighted by atomic mass is 10.2. The third-order valence-electron chi connectivity index (χ3n) is 3.64. The molecule has 0 aliphatic rings. The molecule has 1 N–H and O–H groups in total. The first kappa shape index (κ1) is 16.4. The van der Waals surface area contributed by atoms with E-state index in [-0.39, 0.29) is 17.2 Å². The summed E-state index contributed by atoms with van der Waals surface area (Å²) >= 11 is 0. The predicted octanol–water partition coefficient (Wildman–Crippen LogP) is 2.06. The molecule has 2 aromatic heterocycles. The third-order valence-corrected chi connectivity index (χ3v) is 5.10. The van der Waals surface area contributed by atoms with Gasteiger partial charge in [-0.25, -0.2) is 18.1 Å². The van der Waals surface area contributed by atoms with Gasteiger partial charge in [-0.2, -0.15) is 0 Å². The van der Waals surface area contributed by atoms with Gasteiger partial charge in [0.2, 0.25) is 10.0 Å². The van der Waals surface area contributed by atoms with Gasteiger partial charge in [-0.15, -0.1) is 0 Å². The van der Waals surface area contributed by atoms with Crippen LogP contribution in [0.1, 0.15) is 23.0 Å². The maximum Gasteiger partial charge on any atom is 0.240 e. The minimum absolute atomic E-state index is 0.0881. The maximum atomic E-state index is 12.3. The van der Waals surface area contributed by atoms with Gasteiger partial charge in [0.1, 0.15) is 5.65 Å². The smallest absolute Gasteiger partial charge is 0.240 e. The van der Waals surface area contributed by atoms with Crippen molar-refractivity contribution in [3.8, 4) is 0 Å². The molecule has 0 aliphatic heterocycles. The minimum atomic E-state index is -3.65. The van der Waals surface area contributed by atoms with Crippen LogP contribution >= 0.6 is 0 Å². The zero-order valence-electron chi connectivity index (χ0n) is 13.1. The van der Waals surface area contributed by atoms with Crippen LogP contribution in [0.3, 0.4) is 0 Å². The van der Waals surface area contributed by atoms with Gasteiger partial charge in [-0.05, 0) is 31.2 Å². The van der Waals surface area contributed by atoms with E-state index in [4.69, 9.17) is 0 Å². The summed E-state index contributed by atoms with van der Waals surface area (Å²) < 4.78 is 29.1. The molecule has 0 radical (unpaired) electrons. The number of hydrogen-bond acceptors (Lipinski definition) is 4. The second kappa shape index (κ2) is 6.54. The van der Waals surface area contributed by atoms with E-state index in [1.807, 2.05) is 35.0 Å². The van der Waals surface area contributed by atoms with Crippen molar-refractivity contribution in [3.63, 3.8) is 0 Å². The van der Waals surface area contributed by atoms with Crippen molar-refractivity contribution in [2.24, 2.45) is 0 Å². The van der Waals surface area contributed by atoms with Crippen LogP contribution in [0.2, 0.25) is 0 Å². The zero-order chi connectivity index (χ0) is 17.2. The predicted molar refractivity (Wildman–Crippen MR) is 90.5 cm³/mol. The lowest BCUT2D eigenvalue weighted by Gasteiger charge is -2.07. The monoisotopic (exact) mass is 343 g/mol. The summed E-state index contributed by atoms with van der Waals surface area (Å²) in [6.07, 6.45) is 4.25. The van der Waals surface area contributed by atoms with Crippen LogP contribution in [-0.2, 0) is 16.4 Å². The SMILES string of the molecule is CC(=O)c1cccc(S(=O)(=O)NCCc2cn3ccccc3n2)c1. The number of aromatic nitrogens is 2. The lowest BCUT2D eigenvalue weighted by molar-refractivity contribution is 0.101. The molecule has 3 aromatic rings. The summed E-state index contributed by atoms with van der Waals surface area (Å²) in [5.74, 6) is -0.170. The highest BCUT2D eigenvalue weighted by Gasteiger charge is 2.15. The molecule has 1 aromatic carbocycles. The molecule has 3 rings (SSSR count). The molecule has 6 nitrogen and oxygen atoms in total. The Hall–Kier alpha value is -2.51. The number of carbonyl (C=O) groups is 1. The van der Waals surface area contributed by atoms with E-state index >= 15 is 0 Å². The number of rotatable bonds is 6. The molecular formula is C17H17N3O3S. The van der Waals surface area contributed by atoms with Crippen molar-refractivity contribution in [1.82, 2.24) is 14.1 Å². The summed E-state index contributed by atoms with van der Waals surface area (Å²) in [5, 5.41) is 0. The number of nitrogens with zero attached hydrogens (tertiary/aromatic N) is 2. The van der Waals surface area contributed by atoms with Crippen LogP contribution in [0.4, 0.5) is 0 Å². The van der Waals surface area contributed by atoms with Gasteiger partial charge in [-0.3, -0.25) is 4.79 Å². The van der Waals surface area contributed by atoms with E-state index < -0.39 is 10.0 Å². The van der Waals surface area contributed by atoms with Crippen molar-refractivity contribution in [2.45, 2.75) is 18.2 Å². The Labute approximate surface area is 140 Å². The van der Waals surface area contributed by atoms with Crippen LogP contribution in [-0.4, -0.2) is 30.1 Å². The number of carbonyl (C=O) groups excluding carboxylic acids is 1. The average Bonchev–Trinajstić information content (AvgIpc) is 2.97. The number of sulfonamides is 1. The van der Waals surface area contributed by atoms with Gasteiger partial charge >= 0.3 is 0 Å². The summed E-state index contributed by atoms with van der Waals surface area (Å²) in [4.78, 5) is 15.9. The maximum absolute atomic E-state index is 12.3. The Morgan fingerprint density at radius 2 is 2.04 bits per heavy atom. The number of pyridine rings is 1. The van der Waals surface area contributed by atoms with Crippen LogP contribution in [0.5, 0.6) is 0 Å². The largest absolute Gasteiger partial charge is 0.307 e. The Bertz CT molecular complexity index is 960. The Morgan fingerprint density at radius 3 is 2.79 bits per heavy atom. The molecule has 0 aliphatic carbocycles. The van der Waals surface area contributed by atoms with Crippen molar-refractivity contribution < 1.29 is 13.2 Å². The number of nitrogens with one attached hydrogen (secondary N) is 1. The quantitative estimate of drug-likeness (QED) is 0.695. The minimum Gasteiger partial charge on any atom is -0.307 e. The second-order valence-corrected chi connectivity index (χ2v) is 7.20. The van der Waals surface area contributed by atoms with Gasteiger partial charge in [0.05, 0.1) is 10.6 Å². The van der Waals surface area contributed by atoms with E-state index in [0.717, 1.165) is 11.3 Å². The van der Waals surface area contributed by atoms with Crippen LogP contribution in [0.15, 0.2) is 59.8 Å². The third kappa shape index (κ3) is 3.52. The highest BCUT2D eigenvalue weighted by atomic mass is 32.2. The molecule has 0 bridgehead atoms. The topological polar surface area (TPSA) is 80.5 Å². The van der Waals surface area contributed by atoms with Crippen LogP contribution in [0, 0.1) is 0 Å². The Kier molecular flexibility index (Phi) is 4.46. The number of fused-ring (bicyclic) bond motifs is 1. The summed E-state index contributed by atoms with van der Waals surface area (Å²) in [6, 6.07) is 11.7. The fourth-order valence-electron chi connectivity index (χ4n) is 2.39. The number of hydrogen-bond donors (Lipinski definition) is 1. The summed E-state index contributed by atoms with van der Waals surface area (Å²) in [6.45, 7) is 1.64. The van der Waals surface area contributed by atoms with Gasteiger partial charge in [-0.1, -0.05) is 18.2 Å². The molecule has 0 unspecified atom stereocenters. The molecule has 2 heterocycles. The second-order valence-electron chi connectivity index (χ2n) is 5.43. The normalized spacial score (nSPS) is 11.7. The Morgan fingerprint density at radius 1 is 1.21 bits per heavy atom. The molecule has 0 atom stereocenters. The van der Waals surface area contributed by atoms with E-state index in [2.05, 4.69) is 9.71 Å². The summed E-state index contributed by atoms with van der Waals surface area (Å²) in [5.41, 5.74) is 2.00. The van der Waals surface area contributed by atoms with Crippen molar-refractivity contribution in [2.75, 3.05) is 6.54 Å². The number of benzene rings is 1. The highest BCUT2D eigenvalue weighted by Crippen LogP contribution is 2.12. The van der Waals surface area contributed by atoms with E-state index in [9.17, 15) is 13.2 Å². The molecule has 0 fully saturated rings. The van der Waals surface area contributed by atoms with Gasteiger partial charge in [0, 0.05) is 30.9 Å². The standard InChI is InChI=1S/C17H17N3O3S/c1-13(21)14-5-4-6-16(11-14)24(22,23)18-9-8-15-12-20-10-3-2-7-17(20)19-15/h2-7,10-12,18H,8-9H2,1H3. The van der Waals surface area contributed by atoms with Crippen LogP contribution < -0.4 is 4.72 Å². The van der Waals surface area contributed by atoms with E-state index in [1.54, 1.807) is 12.1 Å². The molecular weight excluding hydrogens is 326 g/mol. The lowest BCUT2D eigenvalue weighted by Crippen LogP contribution is -2.26. The summed E-state index contributed by atoms with van der Waals surface area (Å²) in [7, 11) is -3.65. The molecule has 0 spiro atoms. The average molecular weight is 343 g/mol. The number of Topliss-reactive ketones (excluding diaryl/α,β-unsaturated/α-hetero) is 1. The molecule has 124 valence electrons. The molecule has 7 heteroatoms. The molecule has 24 heavy (non-hydrogen) atoms. The fourth-order valence-corrected chi connectivity index (χ4v) is 3.46. The molecule has 0 saturated heterocycles. The first-order valence-corrected chi connectivity index (χ1v) is 8.97. The first-order chi connectivity index (χ1) is 11.5. The number of ketones is 1. The fraction of sp³-hybridized carbons (Fsp3) is 0.176. The van der Waals surface area contributed by atoms with E-state index in [0.29, 0.717) is 12.0 Å². The first-order valence-electron chi connectivity index (χ1n) is 7.49. The van der Waals surface area contributed by atoms with Gasteiger partial charge < -0.3 is 4.40 Å². The number of imidazole rings is 1. The molecule has 0 saturated carbocycles. The van der Waals surface area contributed by atoms with Gasteiger partial charge in [0.15, 0.2) is 5.78 Å². The van der Waals surface area contributed by atoms with Crippen molar-refractivity contribution >= 4 is 21.5 Å². The molecule has 0 amide bonds. The van der Waals surface area contributed by atoms with Crippen molar-refractivity contribution in [3.05, 3.63) is 66.1 Å². The zero-order valence-corrected chi connectivity index (χ0v) is 14.0. The highest BCUT2D eigenvalue weighted by molar-refractivity contribution is 7.89. The van der Waals surface area contributed by atoms with E-state index in [1.165, 1.54) is 19.1 Å². The Balaban J connectivity index is 1.69. The van der Waals surface area contributed by atoms with Crippen LogP contribution in [0.25, 0.3) is 5.65 Å². The van der Waals surface area contributed by atoms with Crippen molar-refractivity contribution in [1.29, 1.82) is 0 Å².